The van der Waals surface area contributed by atoms with Gasteiger partial charge in [0.2, 0.25) is 0 Å². The predicted molar refractivity (Wildman–Crippen MR) is 79.6 cm³/mol. The van der Waals surface area contributed by atoms with Gasteiger partial charge in [-0.2, -0.15) is 0 Å². The number of rotatable bonds is 12. The Hall–Kier alpha value is 0.0169. The second-order valence-electron chi connectivity index (χ2n) is 5.40. The predicted octanol–water partition coefficient (Wildman–Crippen LogP) is 2.97. The molecule has 0 aromatic rings. The van der Waals surface area contributed by atoms with Crippen LogP contribution in [0.2, 0.25) is 6.55 Å². The highest BCUT2D eigenvalue weighted by Gasteiger charge is 2.42. The molecule has 1 aliphatic heterocycles. The minimum atomic E-state index is -2.66. The quantitative estimate of drug-likeness (QED) is 0.240. The van der Waals surface area contributed by atoms with E-state index in [1.54, 1.807) is 7.11 Å². The van der Waals surface area contributed by atoms with E-state index in [9.17, 15) is 0 Å². The van der Waals surface area contributed by atoms with Crippen molar-refractivity contribution in [3.8, 4) is 0 Å². The number of hydrogen-bond donors (Lipinski definition) is 0. The molecule has 0 aliphatic carbocycles. The minimum Gasteiger partial charge on any atom is -0.377 e. The Morgan fingerprint density at radius 2 is 1.90 bits per heavy atom. The van der Waals surface area contributed by atoms with Crippen LogP contribution in [0.15, 0.2) is 0 Å². The van der Waals surface area contributed by atoms with Crippen molar-refractivity contribution in [2.24, 2.45) is 0 Å². The lowest BCUT2D eigenvalue weighted by Crippen LogP contribution is -2.50. The zero-order chi connectivity index (χ0) is 15.1. The molecule has 0 saturated carbocycles. The van der Waals surface area contributed by atoms with E-state index in [1.165, 1.54) is 0 Å². The summed E-state index contributed by atoms with van der Waals surface area (Å²) in [5.41, 5.74) is -0.147. The van der Waals surface area contributed by atoms with Crippen LogP contribution in [0, 0.1) is 0 Å². The van der Waals surface area contributed by atoms with Crippen LogP contribution in [-0.4, -0.2) is 47.6 Å². The van der Waals surface area contributed by atoms with E-state index in [0.717, 1.165) is 32.3 Å². The van der Waals surface area contributed by atoms with E-state index in [2.05, 4.69) is 20.8 Å². The van der Waals surface area contributed by atoms with Gasteiger partial charge in [0.1, 0.15) is 12.9 Å². The van der Waals surface area contributed by atoms with Crippen molar-refractivity contribution in [2.45, 2.75) is 64.7 Å². The Morgan fingerprint density at radius 3 is 2.35 bits per heavy atom. The summed E-state index contributed by atoms with van der Waals surface area (Å²) < 4.78 is 28.2. The molecule has 0 amide bonds. The largest absolute Gasteiger partial charge is 0.499 e. The van der Waals surface area contributed by atoms with Crippen LogP contribution in [-0.2, 0) is 22.8 Å². The summed E-state index contributed by atoms with van der Waals surface area (Å²) in [6.07, 6.45) is 4.28. The first-order chi connectivity index (χ1) is 9.53. The molecule has 1 heterocycles. The van der Waals surface area contributed by atoms with Crippen molar-refractivity contribution in [2.75, 3.05) is 27.1 Å². The van der Waals surface area contributed by atoms with Crippen LogP contribution in [0.1, 0.15) is 46.5 Å². The normalized spacial score (nSPS) is 21.8. The van der Waals surface area contributed by atoms with E-state index in [-0.39, 0.29) is 18.5 Å². The van der Waals surface area contributed by atoms with Crippen molar-refractivity contribution >= 4 is 8.80 Å². The molecular formula is C14H30O5Si. The van der Waals surface area contributed by atoms with E-state index < -0.39 is 8.80 Å². The molecule has 0 N–H and O–H groups in total. The lowest BCUT2D eigenvalue weighted by atomic mass is 9.92. The topological polar surface area (TPSA) is 49.5 Å². The SMILES string of the molecule is CCCC(CC)(CC)O[Si](C)(OC)OCOCC1CO1. The van der Waals surface area contributed by atoms with Crippen molar-refractivity contribution in [3.05, 3.63) is 0 Å². The van der Waals surface area contributed by atoms with E-state index in [1.807, 2.05) is 6.55 Å². The molecule has 0 radical (unpaired) electrons. The first-order valence-electron chi connectivity index (χ1n) is 7.61. The van der Waals surface area contributed by atoms with Crippen LogP contribution in [0.5, 0.6) is 0 Å². The van der Waals surface area contributed by atoms with Crippen molar-refractivity contribution in [1.82, 2.24) is 0 Å². The molecule has 1 aliphatic rings. The Labute approximate surface area is 124 Å². The fourth-order valence-corrected chi connectivity index (χ4v) is 4.01. The van der Waals surface area contributed by atoms with Crippen molar-refractivity contribution in [3.63, 3.8) is 0 Å². The molecule has 0 spiro atoms. The molecule has 120 valence electrons. The molecule has 0 aromatic carbocycles. The molecule has 6 heteroatoms. The average Bonchev–Trinajstić information content (AvgIpc) is 3.27. The number of ether oxygens (including phenoxy) is 2. The van der Waals surface area contributed by atoms with Crippen LogP contribution >= 0.6 is 0 Å². The summed E-state index contributed by atoms with van der Waals surface area (Å²) in [7, 11) is -1.00. The second kappa shape index (κ2) is 8.46. The zero-order valence-electron chi connectivity index (χ0n) is 13.6. The Bertz CT molecular complexity index is 268. The molecule has 2 atom stereocenters. The maximum atomic E-state index is 6.32. The van der Waals surface area contributed by atoms with E-state index in [0.29, 0.717) is 6.61 Å². The molecule has 5 nitrogen and oxygen atoms in total. The van der Waals surface area contributed by atoms with E-state index >= 15 is 0 Å². The lowest BCUT2D eigenvalue weighted by Gasteiger charge is -2.38. The summed E-state index contributed by atoms with van der Waals surface area (Å²) >= 11 is 0. The Balaban J connectivity index is 2.46. The maximum Gasteiger partial charge on any atom is 0.499 e. The highest BCUT2D eigenvalue weighted by molar-refractivity contribution is 6.59. The Kier molecular flexibility index (Phi) is 7.64. The van der Waals surface area contributed by atoms with Crippen LogP contribution in [0.4, 0.5) is 0 Å². The average molecular weight is 306 g/mol. The van der Waals surface area contributed by atoms with Crippen molar-refractivity contribution < 1.29 is 22.8 Å². The fourth-order valence-electron chi connectivity index (χ4n) is 2.27. The van der Waals surface area contributed by atoms with Crippen LogP contribution < -0.4 is 0 Å². The molecule has 20 heavy (non-hydrogen) atoms. The van der Waals surface area contributed by atoms with Gasteiger partial charge in [0.25, 0.3) is 0 Å². The summed E-state index contributed by atoms with van der Waals surface area (Å²) in [4.78, 5) is 0. The number of hydrogen-bond acceptors (Lipinski definition) is 5. The molecule has 1 rings (SSSR count). The van der Waals surface area contributed by atoms with Gasteiger partial charge in [-0.15, -0.1) is 0 Å². The summed E-state index contributed by atoms with van der Waals surface area (Å²) in [6.45, 7) is 9.99. The second-order valence-corrected chi connectivity index (χ2v) is 8.02. The fraction of sp³-hybridized carbons (Fsp3) is 1.00. The smallest absolute Gasteiger partial charge is 0.377 e. The van der Waals surface area contributed by atoms with Gasteiger partial charge in [-0.25, -0.2) is 0 Å². The minimum absolute atomic E-state index is 0.147. The van der Waals surface area contributed by atoms with Gasteiger partial charge in [-0.3, -0.25) is 0 Å². The van der Waals surface area contributed by atoms with Gasteiger partial charge < -0.3 is 22.8 Å². The van der Waals surface area contributed by atoms with Gasteiger partial charge in [-0.1, -0.05) is 27.2 Å². The highest BCUT2D eigenvalue weighted by Crippen LogP contribution is 2.30. The number of epoxide rings is 1. The molecular weight excluding hydrogens is 276 g/mol. The molecule has 0 bridgehead atoms. The Morgan fingerprint density at radius 1 is 1.25 bits per heavy atom. The van der Waals surface area contributed by atoms with Crippen LogP contribution in [0.25, 0.3) is 0 Å². The standard InChI is InChI=1S/C14H30O5Si/c1-6-9-14(7-2,8-3)19-20(5,15-4)18-12-16-10-13-11-17-13/h13H,6-12H2,1-5H3. The molecule has 2 unspecified atom stereocenters. The molecule has 0 aromatic heterocycles. The van der Waals surface area contributed by atoms with Gasteiger partial charge in [0.15, 0.2) is 0 Å². The summed E-state index contributed by atoms with van der Waals surface area (Å²) in [6, 6.07) is 0. The van der Waals surface area contributed by atoms with Gasteiger partial charge in [0.05, 0.1) is 18.8 Å². The maximum absolute atomic E-state index is 6.32. The third kappa shape index (κ3) is 5.79. The highest BCUT2D eigenvalue weighted by atomic mass is 28.4. The summed E-state index contributed by atoms with van der Waals surface area (Å²) in [5.74, 6) is 0. The monoisotopic (exact) mass is 306 g/mol. The molecule has 1 fully saturated rings. The first-order valence-corrected chi connectivity index (χ1v) is 9.84. The van der Waals surface area contributed by atoms with Gasteiger partial charge in [-0.05, 0) is 19.3 Å². The zero-order valence-corrected chi connectivity index (χ0v) is 14.6. The van der Waals surface area contributed by atoms with E-state index in [4.69, 9.17) is 22.8 Å². The van der Waals surface area contributed by atoms with Crippen molar-refractivity contribution in [1.29, 1.82) is 0 Å². The third-order valence-electron chi connectivity index (χ3n) is 3.88. The first kappa shape index (κ1) is 18.1. The van der Waals surface area contributed by atoms with Gasteiger partial charge >= 0.3 is 8.80 Å². The third-order valence-corrected chi connectivity index (χ3v) is 6.07. The molecule has 1 saturated heterocycles. The lowest BCUT2D eigenvalue weighted by molar-refractivity contribution is -0.0770. The van der Waals surface area contributed by atoms with Crippen LogP contribution in [0.3, 0.4) is 0 Å². The van der Waals surface area contributed by atoms with Gasteiger partial charge in [0, 0.05) is 13.7 Å². The summed E-state index contributed by atoms with van der Waals surface area (Å²) in [5, 5.41) is 0.